The maximum atomic E-state index is 12.4. The standard InChI is InChI=1S/C22H26N6O5S2/c1-33-19-4-2-3-17(15-19)16-21-24-22(34-25-21)27-13-11-26(12-14-27)10-9-23-35(31,32)20-7-5-18(6-8-20)28(29)30/h2-8,15,23H,9-14,16H2,1H3. The number of nitrogens with one attached hydrogen (secondary N) is 1. The topological polar surface area (TPSA) is 131 Å². The van der Waals surface area contributed by atoms with Crippen LogP contribution in [0.2, 0.25) is 0 Å². The van der Waals surface area contributed by atoms with Crippen LogP contribution >= 0.6 is 11.5 Å². The molecule has 2 aromatic carbocycles. The molecule has 1 aromatic heterocycles. The van der Waals surface area contributed by atoms with E-state index in [0.29, 0.717) is 13.0 Å². The van der Waals surface area contributed by atoms with Crippen LogP contribution in [0.3, 0.4) is 0 Å². The lowest BCUT2D eigenvalue weighted by atomic mass is 10.1. The van der Waals surface area contributed by atoms with Gasteiger partial charge in [0.25, 0.3) is 5.69 Å². The van der Waals surface area contributed by atoms with Gasteiger partial charge < -0.3 is 9.64 Å². The van der Waals surface area contributed by atoms with Gasteiger partial charge in [-0.3, -0.25) is 15.0 Å². The number of nitro groups is 1. The van der Waals surface area contributed by atoms with Crippen molar-refractivity contribution in [2.24, 2.45) is 0 Å². The quantitative estimate of drug-likeness (QED) is 0.317. The van der Waals surface area contributed by atoms with E-state index in [1.54, 1.807) is 7.11 Å². The highest BCUT2D eigenvalue weighted by Crippen LogP contribution is 2.22. The average Bonchev–Trinajstić information content (AvgIpc) is 3.33. The zero-order chi connectivity index (χ0) is 24.8. The third kappa shape index (κ3) is 6.51. The van der Waals surface area contributed by atoms with E-state index >= 15 is 0 Å². The molecule has 0 spiro atoms. The van der Waals surface area contributed by atoms with E-state index < -0.39 is 14.9 Å². The van der Waals surface area contributed by atoms with Crippen LogP contribution in [0.5, 0.6) is 5.75 Å². The minimum absolute atomic E-state index is 0.00828. The van der Waals surface area contributed by atoms with Crippen LogP contribution < -0.4 is 14.4 Å². The molecule has 1 aliphatic heterocycles. The van der Waals surface area contributed by atoms with Gasteiger partial charge in [0, 0.05) is 69.4 Å². The van der Waals surface area contributed by atoms with E-state index in [4.69, 9.17) is 9.72 Å². The number of hydrogen-bond acceptors (Lipinski definition) is 10. The molecule has 13 heteroatoms. The molecule has 0 saturated carbocycles. The molecule has 1 aliphatic rings. The van der Waals surface area contributed by atoms with Crippen LogP contribution in [0.25, 0.3) is 0 Å². The average molecular weight is 519 g/mol. The van der Waals surface area contributed by atoms with Gasteiger partial charge in [0.05, 0.1) is 16.9 Å². The molecule has 2 heterocycles. The monoisotopic (exact) mass is 518 g/mol. The van der Waals surface area contributed by atoms with Crippen LogP contribution in [0, 0.1) is 10.1 Å². The highest BCUT2D eigenvalue weighted by Gasteiger charge is 2.21. The predicted octanol–water partition coefficient (Wildman–Crippen LogP) is 2.15. The van der Waals surface area contributed by atoms with Crippen LogP contribution in [0.4, 0.5) is 10.8 Å². The van der Waals surface area contributed by atoms with Crippen molar-refractivity contribution >= 4 is 32.4 Å². The highest BCUT2D eigenvalue weighted by atomic mass is 32.2. The SMILES string of the molecule is COc1cccc(Cc2nsc(N3CCN(CCNS(=O)(=O)c4ccc([N+](=O)[O-])cc4)CC3)n2)c1. The van der Waals surface area contributed by atoms with Crippen molar-refractivity contribution in [2.45, 2.75) is 11.3 Å². The zero-order valence-corrected chi connectivity index (χ0v) is 20.8. The molecular weight excluding hydrogens is 492 g/mol. The van der Waals surface area contributed by atoms with Crippen molar-refractivity contribution in [3.8, 4) is 5.75 Å². The van der Waals surface area contributed by atoms with Crippen molar-refractivity contribution in [1.82, 2.24) is 19.0 Å². The summed E-state index contributed by atoms with van der Waals surface area (Å²) in [6.07, 6.45) is 0.641. The predicted molar refractivity (Wildman–Crippen MR) is 133 cm³/mol. The molecule has 1 N–H and O–H groups in total. The first-order valence-corrected chi connectivity index (χ1v) is 13.3. The second-order valence-electron chi connectivity index (χ2n) is 8.00. The first-order valence-electron chi connectivity index (χ1n) is 11.0. The number of non-ortho nitro benzene ring substituents is 1. The van der Waals surface area contributed by atoms with Gasteiger partial charge in [-0.2, -0.15) is 4.37 Å². The van der Waals surface area contributed by atoms with Crippen LogP contribution in [0.1, 0.15) is 11.4 Å². The molecule has 0 unspecified atom stereocenters. The minimum Gasteiger partial charge on any atom is -0.497 e. The number of methoxy groups -OCH3 is 1. The van der Waals surface area contributed by atoms with Crippen molar-refractivity contribution in [3.05, 3.63) is 70.0 Å². The number of nitrogens with zero attached hydrogens (tertiary/aromatic N) is 5. The molecule has 1 fully saturated rings. The number of piperazine rings is 1. The number of hydrogen-bond donors (Lipinski definition) is 1. The third-order valence-corrected chi connectivity index (χ3v) is 7.97. The number of aromatic nitrogens is 2. The number of rotatable bonds is 10. The molecule has 4 rings (SSSR count). The van der Waals surface area contributed by atoms with Crippen LogP contribution in [-0.4, -0.2) is 74.0 Å². The summed E-state index contributed by atoms with van der Waals surface area (Å²) in [7, 11) is -2.07. The molecular formula is C22H26N6O5S2. The lowest BCUT2D eigenvalue weighted by Gasteiger charge is -2.34. The summed E-state index contributed by atoms with van der Waals surface area (Å²) >= 11 is 1.39. The summed E-state index contributed by atoms with van der Waals surface area (Å²) in [5.74, 6) is 1.59. The maximum Gasteiger partial charge on any atom is 0.269 e. The molecule has 0 bridgehead atoms. The largest absolute Gasteiger partial charge is 0.497 e. The maximum absolute atomic E-state index is 12.4. The second-order valence-corrected chi connectivity index (χ2v) is 10.5. The second kappa shape index (κ2) is 11.1. The van der Waals surface area contributed by atoms with Gasteiger partial charge in [-0.05, 0) is 29.8 Å². The van der Waals surface area contributed by atoms with Gasteiger partial charge in [0.15, 0.2) is 0 Å². The molecule has 1 saturated heterocycles. The Hall–Kier alpha value is -3.13. The van der Waals surface area contributed by atoms with Crippen LogP contribution in [-0.2, 0) is 16.4 Å². The number of ether oxygens (including phenoxy) is 1. The van der Waals surface area contributed by atoms with Gasteiger partial charge in [-0.1, -0.05) is 12.1 Å². The number of benzene rings is 2. The molecule has 0 radical (unpaired) electrons. The van der Waals surface area contributed by atoms with Crippen molar-refractivity contribution in [3.63, 3.8) is 0 Å². The molecule has 11 nitrogen and oxygen atoms in total. The van der Waals surface area contributed by atoms with E-state index in [9.17, 15) is 18.5 Å². The van der Waals surface area contributed by atoms with Gasteiger partial charge >= 0.3 is 0 Å². The lowest BCUT2D eigenvalue weighted by Crippen LogP contribution is -2.48. The van der Waals surface area contributed by atoms with E-state index in [1.165, 1.54) is 35.8 Å². The first-order chi connectivity index (χ1) is 16.8. The van der Waals surface area contributed by atoms with Crippen molar-refractivity contribution < 1.29 is 18.1 Å². The van der Waals surface area contributed by atoms with E-state index in [-0.39, 0.29) is 17.1 Å². The molecule has 0 aliphatic carbocycles. The van der Waals surface area contributed by atoms with Gasteiger partial charge in [0.2, 0.25) is 15.2 Å². The van der Waals surface area contributed by atoms with Crippen LogP contribution in [0.15, 0.2) is 53.4 Å². The Morgan fingerprint density at radius 3 is 2.57 bits per heavy atom. The molecule has 3 aromatic rings. The third-order valence-electron chi connectivity index (χ3n) is 5.67. The Kier molecular flexibility index (Phi) is 7.90. The molecule has 35 heavy (non-hydrogen) atoms. The fraction of sp³-hybridized carbons (Fsp3) is 0.364. The smallest absolute Gasteiger partial charge is 0.269 e. The van der Waals surface area contributed by atoms with E-state index in [1.807, 2.05) is 24.3 Å². The number of anilines is 1. The summed E-state index contributed by atoms with van der Waals surface area (Å²) in [4.78, 5) is 19.3. The Bertz CT molecular complexity index is 1260. The van der Waals surface area contributed by atoms with Gasteiger partial charge in [0.1, 0.15) is 11.6 Å². The van der Waals surface area contributed by atoms with E-state index in [0.717, 1.165) is 48.4 Å². The van der Waals surface area contributed by atoms with Crippen molar-refractivity contribution in [1.29, 1.82) is 0 Å². The summed E-state index contributed by atoms with van der Waals surface area (Å²) in [6, 6.07) is 12.7. The summed E-state index contributed by atoms with van der Waals surface area (Å²) in [6.45, 7) is 3.94. The lowest BCUT2D eigenvalue weighted by molar-refractivity contribution is -0.384. The Morgan fingerprint density at radius 2 is 1.89 bits per heavy atom. The summed E-state index contributed by atoms with van der Waals surface area (Å²) < 4.78 is 37.2. The van der Waals surface area contributed by atoms with Gasteiger partial charge in [-0.15, -0.1) is 0 Å². The molecule has 0 amide bonds. The highest BCUT2D eigenvalue weighted by molar-refractivity contribution is 7.89. The first kappa shape index (κ1) is 25.0. The fourth-order valence-corrected chi connectivity index (χ4v) is 5.50. The summed E-state index contributed by atoms with van der Waals surface area (Å²) in [5.41, 5.74) is 0.944. The van der Waals surface area contributed by atoms with Gasteiger partial charge in [-0.25, -0.2) is 18.1 Å². The summed E-state index contributed by atoms with van der Waals surface area (Å²) in [5, 5.41) is 11.6. The van der Waals surface area contributed by atoms with E-state index in [2.05, 4.69) is 18.9 Å². The molecule has 186 valence electrons. The normalized spacial score (nSPS) is 14.7. The van der Waals surface area contributed by atoms with Crippen molar-refractivity contribution in [2.75, 3.05) is 51.3 Å². The Morgan fingerprint density at radius 1 is 1.14 bits per heavy atom. The Labute approximate surface area is 207 Å². The molecule has 0 atom stereocenters. The number of nitro benzene ring substituents is 1. The zero-order valence-electron chi connectivity index (χ0n) is 19.2. The minimum atomic E-state index is -3.72. The Balaban J connectivity index is 1.23. The number of sulfonamides is 1. The fourth-order valence-electron chi connectivity index (χ4n) is 3.74.